The molecule has 4 heterocycles. The van der Waals surface area contributed by atoms with Crippen LogP contribution >= 0.6 is 11.6 Å². The summed E-state index contributed by atoms with van der Waals surface area (Å²) in [6.07, 6.45) is 2.53. The van der Waals surface area contributed by atoms with Crippen molar-refractivity contribution in [2.75, 3.05) is 56.6 Å². The lowest BCUT2D eigenvalue weighted by molar-refractivity contribution is -0.110. The van der Waals surface area contributed by atoms with Gasteiger partial charge >= 0.3 is 0 Å². The number of halogens is 2. The van der Waals surface area contributed by atoms with E-state index in [4.69, 9.17) is 16.3 Å². The van der Waals surface area contributed by atoms with Crippen LogP contribution in [0, 0.1) is 12.7 Å². The summed E-state index contributed by atoms with van der Waals surface area (Å²) in [5.74, 6) is -0.756. The zero-order chi connectivity index (χ0) is 27.1. The number of fused-ring (bicyclic) bond motifs is 2. The van der Waals surface area contributed by atoms with E-state index in [-0.39, 0.29) is 16.8 Å². The van der Waals surface area contributed by atoms with Crippen LogP contribution in [0.1, 0.15) is 32.9 Å². The summed E-state index contributed by atoms with van der Waals surface area (Å²) in [5, 5.41) is 6.16. The van der Waals surface area contributed by atoms with E-state index in [1.807, 2.05) is 30.0 Å². The topological polar surface area (TPSA) is 89.7 Å². The summed E-state index contributed by atoms with van der Waals surface area (Å²) < 4.78 is 19.5. The number of nitrogens with one attached hydrogen (secondary N) is 3. The van der Waals surface area contributed by atoms with Gasteiger partial charge in [0.1, 0.15) is 5.82 Å². The van der Waals surface area contributed by atoms with Crippen LogP contribution in [-0.2, 0) is 16.0 Å². The lowest BCUT2D eigenvalue weighted by atomic mass is 10.00. The van der Waals surface area contributed by atoms with Crippen LogP contribution in [0.2, 0.25) is 5.02 Å². The molecule has 39 heavy (non-hydrogen) atoms. The second-order valence-corrected chi connectivity index (χ2v) is 10.4. The molecule has 1 saturated heterocycles. The third-order valence-electron chi connectivity index (χ3n) is 7.60. The molecule has 3 aliphatic heterocycles. The number of aromatic amines is 1. The van der Waals surface area contributed by atoms with Crippen molar-refractivity contribution < 1.29 is 18.7 Å². The van der Waals surface area contributed by atoms with Crippen LogP contribution < -0.4 is 10.6 Å². The number of ether oxygens (including phenoxy) is 1. The fourth-order valence-electron chi connectivity index (χ4n) is 5.47. The molecule has 202 valence electrons. The van der Waals surface area contributed by atoms with Gasteiger partial charge in [-0.2, -0.15) is 0 Å². The molecule has 8 nitrogen and oxygen atoms in total. The van der Waals surface area contributed by atoms with Gasteiger partial charge in [-0.15, -0.1) is 0 Å². The molecule has 0 spiro atoms. The van der Waals surface area contributed by atoms with Crippen molar-refractivity contribution in [2.45, 2.75) is 13.3 Å². The Balaban J connectivity index is 1.28. The van der Waals surface area contributed by atoms with Gasteiger partial charge in [-0.1, -0.05) is 17.7 Å². The van der Waals surface area contributed by atoms with Crippen molar-refractivity contribution in [3.63, 3.8) is 0 Å². The van der Waals surface area contributed by atoms with E-state index in [1.54, 1.807) is 12.1 Å². The van der Waals surface area contributed by atoms with E-state index in [0.717, 1.165) is 56.2 Å². The first kappa shape index (κ1) is 25.6. The van der Waals surface area contributed by atoms with Crippen molar-refractivity contribution in [3.8, 4) is 0 Å². The molecular formula is C29H29ClFN5O3. The smallest absolute Gasteiger partial charge is 0.256 e. The lowest BCUT2D eigenvalue weighted by Crippen LogP contribution is -2.45. The molecule has 3 N–H and O–H groups in total. The van der Waals surface area contributed by atoms with Gasteiger partial charge in [-0.3, -0.25) is 14.5 Å². The second kappa shape index (κ2) is 10.5. The number of anilines is 3. The summed E-state index contributed by atoms with van der Waals surface area (Å²) in [4.78, 5) is 34.1. The fourth-order valence-corrected chi connectivity index (χ4v) is 5.59. The van der Waals surface area contributed by atoms with Crippen LogP contribution in [0.15, 0.2) is 36.4 Å². The number of amides is 2. The summed E-state index contributed by atoms with van der Waals surface area (Å²) >= 11 is 5.84. The van der Waals surface area contributed by atoms with Crippen molar-refractivity contribution in [1.29, 1.82) is 0 Å². The van der Waals surface area contributed by atoms with Gasteiger partial charge in [0.2, 0.25) is 0 Å². The number of H-pyrrole nitrogens is 1. The molecular weight excluding hydrogens is 521 g/mol. The molecule has 1 aromatic heterocycles. The Morgan fingerprint density at radius 3 is 2.72 bits per heavy atom. The first-order valence-electron chi connectivity index (χ1n) is 13.1. The highest BCUT2D eigenvalue weighted by Gasteiger charge is 2.31. The van der Waals surface area contributed by atoms with Gasteiger partial charge in [-0.05, 0) is 48.9 Å². The Kier molecular flexibility index (Phi) is 6.88. The summed E-state index contributed by atoms with van der Waals surface area (Å²) in [6, 6.07) is 9.95. The van der Waals surface area contributed by atoms with E-state index < -0.39 is 5.82 Å². The highest BCUT2D eigenvalue weighted by molar-refractivity contribution is 6.36. The van der Waals surface area contributed by atoms with Crippen LogP contribution in [0.4, 0.5) is 21.5 Å². The molecule has 0 aliphatic carbocycles. The molecule has 1 fully saturated rings. The molecule has 2 amide bonds. The number of nitrogens with zero attached hydrogens (tertiary/aromatic N) is 2. The molecule has 0 bridgehead atoms. The van der Waals surface area contributed by atoms with E-state index in [2.05, 4.69) is 20.5 Å². The normalized spacial score (nSPS) is 18.3. The number of rotatable bonds is 6. The molecule has 0 atom stereocenters. The van der Waals surface area contributed by atoms with Gasteiger partial charge in [0.05, 0.1) is 35.1 Å². The standard InChI is InChI=1S/C29H29ClFN5O3/c1-17-25(33-24-7-8-36(29(38)26(17)24)10-9-35-11-13-39-14-12-35)16-19-27-22(3-2-4-23(27)34-28(19)37)32-18-5-6-20(30)21(31)15-18/h2-6,15-16,32-33H,7-14H2,1H3,(H,34,37)/b19-16-. The Morgan fingerprint density at radius 1 is 1.10 bits per heavy atom. The highest BCUT2D eigenvalue weighted by Crippen LogP contribution is 2.40. The number of hydrogen-bond acceptors (Lipinski definition) is 5. The van der Waals surface area contributed by atoms with E-state index in [0.29, 0.717) is 46.9 Å². The van der Waals surface area contributed by atoms with Gasteiger partial charge in [-0.25, -0.2) is 4.39 Å². The SMILES string of the molecule is Cc1c(/C=C2\C(=O)Nc3cccc(Nc4ccc(Cl)c(F)c4)c32)[nH]c2c1C(=O)N(CCN1CCOCC1)CC2. The third-order valence-corrected chi connectivity index (χ3v) is 7.91. The second-order valence-electron chi connectivity index (χ2n) is 10.0. The van der Waals surface area contributed by atoms with Crippen LogP contribution in [0.5, 0.6) is 0 Å². The minimum absolute atomic E-state index is 0.0197. The molecule has 3 aromatic rings. The number of hydrogen-bond donors (Lipinski definition) is 3. The molecule has 3 aliphatic rings. The monoisotopic (exact) mass is 549 g/mol. The maximum absolute atomic E-state index is 14.0. The van der Waals surface area contributed by atoms with Crippen molar-refractivity contribution in [1.82, 2.24) is 14.8 Å². The number of morpholine rings is 1. The summed E-state index contributed by atoms with van der Waals surface area (Å²) in [6.45, 7) is 7.32. The minimum Gasteiger partial charge on any atom is -0.379 e. The fraction of sp³-hybridized carbons (Fsp3) is 0.310. The van der Waals surface area contributed by atoms with Crippen LogP contribution in [0.3, 0.4) is 0 Å². The lowest BCUT2D eigenvalue weighted by Gasteiger charge is -2.32. The Bertz CT molecular complexity index is 1490. The number of aromatic nitrogens is 1. The number of carbonyl (C=O) groups is 2. The largest absolute Gasteiger partial charge is 0.379 e. The molecule has 2 aromatic carbocycles. The Labute approximate surface area is 230 Å². The van der Waals surface area contributed by atoms with Gasteiger partial charge in [0.25, 0.3) is 11.8 Å². The van der Waals surface area contributed by atoms with Crippen LogP contribution in [0.25, 0.3) is 11.6 Å². The zero-order valence-electron chi connectivity index (χ0n) is 21.6. The zero-order valence-corrected chi connectivity index (χ0v) is 22.3. The molecule has 10 heteroatoms. The van der Waals surface area contributed by atoms with Crippen molar-refractivity contribution in [2.24, 2.45) is 0 Å². The first-order chi connectivity index (χ1) is 18.9. The van der Waals surface area contributed by atoms with Gasteiger partial charge in [0, 0.05) is 67.5 Å². The van der Waals surface area contributed by atoms with E-state index >= 15 is 0 Å². The first-order valence-corrected chi connectivity index (χ1v) is 13.5. The molecule has 6 rings (SSSR count). The van der Waals surface area contributed by atoms with Crippen LogP contribution in [-0.4, -0.2) is 72.5 Å². The Morgan fingerprint density at radius 2 is 1.92 bits per heavy atom. The summed E-state index contributed by atoms with van der Waals surface area (Å²) in [5.41, 5.74) is 6.11. The molecule has 0 saturated carbocycles. The van der Waals surface area contributed by atoms with E-state index in [1.165, 1.54) is 12.1 Å². The Hall–Kier alpha value is -3.66. The predicted octanol–water partition coefficient (Wildman–Crippen LogP) is 4.68. The number of carbonyl (C=O) groups excluding carboxylic acids is 2. The van der Waals surface area contributed by atoms with Crippen molar-refractivity contribution in [3.05, 3.63) is 75.3 Å². The average molecular weight is 550 g/mol. The van der Waals surface area contributed by atoms with Gasteiger partial charge < -0.3 is 25.3 Å². The summed E-state index contributed by atoms with van der Waals surface area (Å²) in [7, 11) is 0. The molecule has 0 radical (unpaired) electrons. The average Bonchev–Trinajstić information content (AvgIpc) is 3.43. The maximum atomic E-state index is 14.0. The van der Waals surface area contributed by atoms with E-state index in [9.17, 15) is 14.0 Å². The maximum Gasteiger partial charge on any atom is 0.256 e. The van der Waals surface area contributed by atoms with Crippen molar-refractivity contribution >= 4 is 52.1 Å². The quantitative estimate of drug-likeness (QED) is 0.388. The third kappa shape index (κ3) is 4.93. The predicted molar refractivity (Wildman–Crippen MR) is 150 cm³/mol. The minimum atomic E-state index is -0.532. The van der Waals surface area contributed by atoms with Gasteiger partial charge in [0.15, 0.2) is 0 Å². The molecule has 0 unspecified atom stereocenters. The highest BCUT2D eigenvalue weighted by atomic mass is 35.5. The number of benzene rings is 2.